The SMILES string of the molecule is CN/C=C(\C=N)Nc1nccc(-c2ccc(CNC(=O)N3CCC(C(C)(C)C)C3)c(C#N)c2)n1. The topological polar surface area (TPSA) is 130 Å². The normalized spacial score (nSPS) is 16.0. The number of urea groups is 1. The Hall–Kier alpha value is -3.93. The van der Waals surface area contributed by atoms with Crippen molar-refractivity contribution in [1.82, 2.24) is 25.5 Å². The quantitative estimate of drug-likeness (QED) is 0.466. The number of carbonyl (C=O) groups is 1. The van der Waals surface area contributed by atoms with E-state index in [1.807, 2.05) is 17.0 Å². The Kier molecular flexibility index (Phi) is 7.84. The number of nitrogens with zero attached hydrogens (tertiary/aromatic N) is 4. The number of nitriles is 1. The number of amides is 2. The second kappa shape index (κ2) is 10.8. The fraction of sp³-hybridized carbons (Fsp3) is 0.400. The van der Waals surface area contributed by atoms with E-state index in [2.05, 4.69) is 52.8 Å². The van der Waals surface area contributed by atoms with Crippen LogP contribution in [-0.4, -0.2) is 47.3 Å². The Morgan fingerprint density at radius 2 is 2.15 bits per heavy atom. The molecular formula is C25H32N8O. The first-order valence-corrected chi connectivity index (χ1v) is 11.3. The predicted octanol–water partition coefficient (Wildman–Crippen LogP) is 3.72. The monoisotopic (exact) mass is 460 g/mol. The number of rotatable bonds is 7. The van der Waals surface area contributed by atoms with Gasteiger partial charge < -0.3 is 26.3 Å². The molecule has 3 rings (SSSR count). The molecule has 0 saturated carbocycles. The molecule has 1 unspecified atom stereocenters. The zero-order valence-corrected chi connectivity index (χ0v) is 20.1. The van der Waals surface area contributed by atoms with E-state index in [1.54, 1.807) is 31.6 Å². The first-order valence-electron chi connectivity index (χ1n) is 11.3. The number of anilines is 1. The first kappa shape index (κ1) is 24.7. The minimum absolute atomic E-state index is 0.0946. The van der Waals surface area contributed by atoms with Crippen LogP contribution in [-0.2, 0) is 6.54 Å². The minimum Gasteiger partial charge on any atom is -0.392 e. The molecule has 4 N–H and O–H groups in total. The highest BCUT2D eigenvalue weighted by atomic mass is 16.2. The van der Waals surface area contributed by atoms with Crippen LogP contribution in [0.1, 0.15) is 38.3 Å². The number of hydrogen-bond acceptors (Lipinski definition) is 7. The van der Waals surface area contributed by atoms with E-state index in [0.29, 0.717) is 28.8 Å². The summed E-state index contributed by atoms with van der Waals surface area (Å²) in [4.78, 5) is 23.2. The van der Waals surface area contributed by atoms with Crippen LogP contribution in [0, 0.1) is 28.1 Å². The maximum atomic E-state index is 12.7. The van der Waals surface area contributed by atoms with Crippen LogP contribution in [0.5, 0.6) is 0 Å². The number of aromatic nitrogens is 2. The second-order valence-corrected chi connectivity index (χ2v) is 9.36. The third-order valence-electron chi connectivity index (χ3n) is 6.02. The van der Waals surface area contributed by atoms with Gasteiger partial charge in [0.2, 0.25) is 5.95 Å². The maximum Gasteiger partial charge on any atom is 0.317 e. The van der Waals surface area contributed by atoms with E-state index in [9.17, 15) is 10.1 Å². The summed E-state index contributed by atoms with van der Waals surface area (Å²) in [6, 6.07) is 9.37. The Labute approximate surface area is 200 Å². The van der Waals surface area contributed by atoms with Crippen molar-refractivity contribution >= 4 is 18.2 Å². The van der Waals surface area contributed by atoms with Crippen LogP contribution in [0.15, 0.2) is 42.4 Å². The molecule has 1 aliphatic rings. The van der Waals surface area contributed by atoms with Crippen LogP contribution >= 0.6 is 0 Å². The van der Waals surface area contributed by atoms with Crippen molar-refractivity contribution in [2.24, 2.45) is 11.3 Å². The van der Waals surface area contributed by atoms with Crippen molar-refractivity contribution in [1.29, 1.82) is 10.7 Å². The molecule has 0 bridgehead atoms. The van der Waals surface area contributed by atoms with Gasteiger partial charge in [-0.25, -0.2) is 14.8 Å². The number of allylic oxidation sites excluding steroid dienone is 1. The molecule has 1 aromatic carbocycles. The standard InChI is InChI=1S/C25H32N8O/c1-25(2,3)20-8-10-33(16-20)24(34)30-14-18-6-5-17(11-19(18)12-26)22-7-9-29-23(32-22)31-21(13-27)15-28-4/h5-7,9,11,13,15,20,27-28H,8,10,14,16H2,1-4H3,(H,30,34)(H,29,31,32)/b21-15+,27-13?. The van der Waals surface area contributed by atoms with E-state index in [1.165, 1.54) is 0 Å². The van der Waals surface area contributed by atoms with Crippen LogP contribution < -0.4 is 16.0 Å². The van der Waals surface area contributed by atoms with Crippen molar-refractivity contribution in [3.05, 3.63) is 53.5 Å². The summed E-state index contributed by atoms with van der Waals surface area (Å²) >= 11 is 0. The van der Waals surface area contributed by atoms with Crippen LogP contribution in [0.25, 0.3) is 11.3 Å². The van der Waals surface area contributed by atoms with Crippen LogP contribution in [0.3, 0.4) is 0 Å². The summed E-state index contributed by atoms with van der Waals surface area (Å²) in [6.45, 7) is 8.43. The first-order chi connectivity index (χ1) is 16.2. The summed E-state index contributed by atoms with van der Waals surface area (Å²) in [5.41, 5.74) is 3.33. The van der Waals surface area contributed by atoms with Gasteiger partial charge in [-0.15, -0.1) is 0 Å². The zero-order chi connectivity index (χ0) is 24.7. The fourth-order valence-electron chi connectivity index (χ4n) is 3.91. The minimum atomic E-state index is -0.0946. The number of likely N-dealkylation sites (tertiary alicyclic amines) is 1. The van der Waals surface area contributed by atoms with E-state index in [4.69, 9.17) is 5.41 Å². The number of benzene rings is 1. The molecule has 2 heterocycles. The summed E-state index contributed by atoms with van der Waals surface area (Å²) in [7, 11) is 1.74. The third-order valence-corrected chi connectivity index (χ3v) is 6.02. The molecule has 1 fully saturated rings. The number of hydrogen-bond donors (Lipinski definition) is 4. The Morgan fingerprint density at radius 1 is 1.35 bits per heavy atom. The zero-order valence-electron chi connectivity index (χ0n) is 20.1. The molecule has 9 nitrogen and oxygen atoms in total. The number of carbonyl (C=O) groups excluding carboxylic acids is 1. The highest BCUT2D eigenvalue weighted by Crippen LogP contribution is 2.33. The van der Waals surface area contributed by atoms with Crippen LogP contribution in [0.2, 0.25) is 0 Å². The van der Waals surface area contributed by atoms with E-state index < -0.39 is 0 Å². The molecule has 1 atom stereocenters. The van der Waals surface area contributed by atoms with E-state index in [-0.39, 0.29) is 18.0 Å². The van der Waals surface area contributed by atoms with Gasteiger partial charge in [0.15, 0.2) is 0 Å². The molecule has 1 aliphatic heterocycles. The molecule has 1 saturated heterocycles. The van der Waals surface area contributed by atoms with E-state index >= 15 is 0 Å². The molecule has 0 spiro atoms. The molecule has 0 radical (unpaired) electrons. The lowest BCUT2D eigenvalue weighted by Gasteiger charge is -2.27. The van der Waals surface area contributed by atoms with Crippen LogP contribution in [0.4, 0.5) is 10.7 Å². The van der Waals surface area contributed by atoms with Gasteiger partial charge in [-0.2, -0.15) is 5.26 Å². The average Bonchev–Trinajstić information content (AvgIpc) is 3.33. The summed E-state index contributed by atoms with van der Waals surface area (Å²) < 4.78 is 0. The van der Waals surface area contributed by atoms with Gasteiger partial charge >= 0.3 is 6.03 Å². The van der Waals surface area contributed by atoms with Gasteiger partial charge in [-0.3, -0.25) is 0 Å². The van der Waals surface area contributed by atoms with Crippen molar-refractivity contribution in [2.45, 2.75) is 33.7 Å². The lowest BCUT2D eigenvalue weighted by Crippen LogP contribution is -2.39. The molecule has 1 aromatic heterocycles. The fourth-order valence-corrected chi connectivity index (χ4v) is 3.91. The summed E-state index contributed by atoms with van der Waals surface area (Å²) in [5, 5.41) is 25.9. The smallest absolute Gasteiger partial charge is 0.317 e. The van der Waals surface area contributed by atoms with Gasteiger partial charge in [0, 0.05) is 50.9 Å². The molecule has 178 valence electrons. The van der Waals surface area contributed by atoms with Crippen molar-refractivity contribution in [3.8, 4) is 17.3 Å². The third kappa shape index (κ3) is 6.10. The highest BCUT2D eigenvalue weighted by molar-refractivity contribution is 5.79. The number of nitrogens with one attached hydrogen (secondary N) is 4. The molecule has 9 heteroatoms. The average molecular weight is 461 g/mol. The Morgan fingerprint density at radius 3 is 2.79 bits per heavy atom. The lowest BCUT2D eigenvalue weighted by atomic mass is 9.80. The Balaban J connectivity index is 1.69. The van der Waals surface area contributed by atoms with Crippen molar-refractivity contribution < 1.29 is 4.79 Å². The van der Waals surface area contributed by atoms with Gasteiger partial charge in [-0.05, 0) is 35.4 Å². The molecule has 2 aromatic rings. The van der Waals surface area contributed by atoms with Crippen molar-refractivity contribution in [3.63, 3.8) is 0 Å². The Bertz CT molecular complexity index is 1110. The van der Waals surface area contributed by atoms with Gasteiger partial charge in [0.25, 0.3) is 0 Å². The maximum absolute atomic E-state index is 12.7. The molecular weight excluding hydrogens is 428 g/mol. The molecule has 2 amide bonds. The molecule has 0 aliphatic carbocycles. The molecule has 34 heavy (non-hydrogen) atoms. The predicted molar refractivity (Wildman–Crippen MR) is 133 cm³/mol. The summed E-state index contributed by atoms with van der Waals surface area (Å²) in [6.07, 6.45) is 5.42. The summed E-state index contributed by atoms with van der Waals surface area (Å²) in [5.74, 6) is 0.833. The van der Waals surface area contributed by atoms with E-state index in [0.717, 1.165) is 36.9 Å². The lowest BCUT2D eigenvalue weighted by molar-refractivity contribution is 0.196. The van der Waals surface area contributed by atoms with Gasteiger partial charge in [0.1, 0.15) is 0 Å². The highest BCUT2D eigenvalue weighted by Gasteiger charge is 2.33. The van der Waals surface area contributed by atoms with Gasteiger partial charge in [0.05, 0.1) is 23.0 Å². The largest absolute Gasteiger partial charge is 0.392 e. The van der Waals surface area contributed by atoms with Crippen molar-refractivity contribution in [2.75, 3.05) is 25.5 Å². The van der Waals surface area contributed by atoms with Gasteiger partial charge in [-0.1, -0.05) is 32.9 Å². The second-order valence-electron chi connectivity index (χ2n) is 9.36.